The maximum atomic E-state index is 14.9. The molecule has 0 aromatic heterocycles. The summed E-state index contributed by atoms with van der Waals surface area (Å²) < 4.78 is 194. The number of ketones is 2. The molecule has 4 aliphatic carbocycles. The summed E-state index contributed by atoms with van der Waals surface area (Å²) in [5, 5.41) is 10.5. The first-order chi connectivity index (χ1) is 57.4. The van der Waals surface area contributed by atoms with Crippen LogP contribution < -0.4 is 48.5 Å². The molecule has 22 heteroatoms. The molecule has 655 valence electrons. The van der Waals surface area contributed by atoms with Gasteiger partial charge in [0, 0.05) is 54.5 Å². The first-order valence-electron chi connectivity index (χ1n) is 43.2. The predicted octanol–water partition coefficient (Wildman–Crippen LogP) is 25.8. The van der Waals surface area contributed by atoms with Crippen molar-refractivity contribution in [3.8, 4) is 67.5 Å². The number of halogens is 12. The normalized spacial score (nSPS) is 18.0. The van der Waals surface area contributed by atoms with Crippen LogP contribution in [0.15, 0.2) is 139 Å². The van der Waals surface area contributed by atoms with Crippen molar-refractivity contribution in [2.24, 2.45) is 17.8 Å². The van der Waals surface area contributed by atoms with Gasteiger partial charge in [-0.3, -0.25) is 9.59 Å². The van der Waals surface area contributed by atoms with Crippen LogP contribution in [0.2, 0.25) is 0 Å². The molecule has 0 spiro atoms. The van der Waals surface area contributed by atoms with Gasteiger partial charge in [-0.15, -0.1) is 0 Å². The fourth-order valence-corrected chi connectivity index (χ4v) is 16.9. The van der Waals surface area contributed by atoms with E-state index in [1.807, 2.05) is 0 Å². The van der Waals surface area contributed by atoms with Gasteiger partial charge in [0.1, 0.15) is 29.1 Å². The molecule has 2 saturated carbocycles. The van der Waals surface area contributed by atoms with Crippen molar-refractivity contribution in [1.82, 2.24) is 0 Å². The molecule has 8 aromatic rings. The molecular formula is C100H118BF12NaO8-. The molecule has 12 rings (SSSR count). The number of carbonyl (C=O) groups excluding carboxylic acids is 2. The zero-order valence-electron chi connectivity index (χ0n) is 73.1. The Morgan fingerprint density at radius 1 is 0.385 bits per heavy atom. The van der Waals surface area contributed by atoms with Crippen molar-refractivity contribution >= 4 is 25.6 Å². The fraction of sp³-hybridized carbons (Fsp3) is 0.460. The van der Waals surface area contributed by atoms with E-state index in [4.69, 9.17) is 18.9 Å². The molecule has 3 radical (unpaired) electrons. The number of hydrogen-bond acceptors (Lipinski definition) is 8. The quantitative estimate of drug-likeness (QED) is 0.0192. The van der Waals surface area contributed by atoms with Gasteiger partial charge in [0.05, 0.1) is 32.5 Å². The molecule has 2 N–H and O–H groups in total. The minimum absolute atomic E-state index is 0. The Balaban J connectivity index is 0.000000288. The number of rotatable bonds is 32. The van der Waals surface area contributed by atoms with Crippen molar-refractivity contribution in [3.05, 3.63) is 231 Å². The Labute approximate surface area is 739 Å². The van der Waals surface area contributed by atoms with Crippen LogP contribution in [0.5, 0.6) is 23.0 Å². The Morgan fingerprint density at radius 3 is 1.14 bits per heavy atom. The zero-order chi connectivity index (χ0) is 85.8. The standard InChI is InChI=1S/C25H31F3O2.C25H29F3O2.C25H27F3O2.C25H29F3O.B.Na.H2O.H/c3*1-3-5-6-7-16-8-9-18(15-22(16)29)19-11-10-17(14-21(19)26)20-12-13-23(30-4-2)25(28)24(20)27;1-3-5-6-7-17-8-10-18(11-9-17)20-13-12-19(16-22(20)26)21-14-15-23(29-4-2)25(28)24(21)27;;;;/h10-14,16,18,22,29H,3-9,15H2,1-2H3;10-14,16,18H,3-9,15H2,1-2H3;10-16H,3-9H2,1-2H3;8,12-16,18H,3-7,9-11H2,1-2H3;;;1H2;/q;;;;;+1;;-1/p-1/t;16-,18?;;;;;;/m.1....../s1. The third-order valence-corrected chi connectivity index (χ3v) is 23.6. The van der Waals surface area contributed by atoms with Crippen LogP contribution in [0.25, 0.3) is 50.1 Å². The predicted molar refractivity (Wildman–Crippen MR) is 459 cm³/mol. The second-order valence-electron chi connectivity index (χ2n) is 31.7. The molecule has 0 saturated heterocycles. The van der Waals surface area contributed by atoms with E-state index in [-0.39, 0.29) is 186 Å². The number of aliphatic hydroxyl groups is 1. The molecule has 122 heavy (non-hydrogen) atoms. The van der Waals surface area contributed by atoms with Crippen LogP contribution in [0.1, 0.15) is 270 Å². The average molecular weight is 1710 g/mol. The average Bonchev–Trinajstić information content (AvgIpc) is 0.793. The Morgan fingerprint density at radius 2 is 0.762 bits per heavy atom. The number of ether oxygens (including phenoxy) is 4. The minimum Gasteiger partial charge on any atom is -1.00 e. The summed E-state index contributed by atoms with van der Waals surface area (Å²) in [6.07, 6.45) is 29.3. The van der Waals surface area contributed by atoms with E-state index >= 15 is 0 Å². The number of unbranched alkanes of at least 4 members (excludes halogenated alkanes) is 8. The summed E-state index contributed by atoms with van der Waals surface area (Å²) in [6, 6.07) is 29.0. The smallest absolute Gasteiger partial charge is 1.00 e. The number of allylic oxidation sites excluding steroid dienone is 4. The number of Topliss-reactive ketones (excluding diaryl/α,β-unsaturated/α-hetero) is 1. The Bertz CT molecular complexity index is 4770. The summed E-state index contributed by atoms with van der Waals surface area (Å²) in [6.45, 7) is 16.3. The van der Waals surface area contributed by atoms with E-state index in [9.17, 15) is 67.4 Å². The molecule has 7 atom stereocenters. The van der Waals surface area contributed by atoms with E-state index in [1.54, 1.807) is 76.2 Å². The molecule has 6 unspecified atom stereocenters. The number of aliphatic hydroxyl groups excluding tert-OH is 1. The monoisotopic (exact) mass is 1710 g/mol. The van der Waals surface area contributed by atoms with Gasteiger partial charge in [0.15, 0.2) is 52.1 Å². The van der Waals surface area contributed by atoms with Crippen molar-refractivity contribution in [1.29, 1.82) is 0 Å². The van der Waals surface area contributed by atoms with Crippen LogP contribution in [-0.4, -0.2) is 63.1 Å². The van der Waals surface area contributed by atoms with Crippen LogP contribution in [0.4, 0.5) is 52.7 Å². The third kappa shape index (κ3) is 27.2. The molecule has 8 nitrogen and oxygen atoms in total. The molecule has 4 aliphatic rings. The summed E-state index contributed by atoms with van der Waals surface area (Å²) in [5.41, 5.74) is 5.25. The van der Waals surface area contributed by atoms with E-state index < -0.39 is 70.1 Å². The largest absolute Gasteiger partial charge is 1.00 e. The molecule has 2 fully saturated rings. The van der Waals surface area contributed by atoms with E-state index in [1.165, 1.54) is 110 Å². The summed E-state index contributed by atoms with van der Waals surface area (Å²) in [5.74, 6) is -10.3. The van der Waals surface area contributed by atoms with Crippen molar-refractivity contribution in [2.45, 2.75) is 253 Å². The van der Waals surface area contributed by atoms with Gasteiger partial charge >= 0.3 is 29.6 Å². The van der Waals surface area contributed by atoms with Crippen LogP contribution in [0, 0.1) is 87.6 Å². The summed E-state index contributed by atoms with van der Waals surface area (Å²) in [4.78, 5) is 25.0. The van der Waals surface area contributed by atoms with Crippen LogP contribution in [0.3, 0.4) is 0 Å². The van der Waals surface area contributed by atoms with Gasteiger partial charge in [-0.1, -0.05) is 159 Å². The van der Waals surface area contributed by atoms with Gasteiger partial charge in [-0.25, -0.2) is 35.1 Å². The second-order valence-corrected chi connectivity index (χ2v) is 31.7. The maximum Gasteiger partial charge on any atom is 1.00 e. The SMILES string of the molecule is CCCCCC1=CCC(c2ccc(-c3ccc(OCC)c(F)c3F)cc2F)CC1.CCCCCC1CCC(c2ccc(-c3ccc(OCC)c(F)c3F)cc2F)=CC1=O.CCCCCC1CCC(c2ccc(-c3ccc(OCC)c(F)c3F)cc2F)CC1O.CCCCC[C@@H]1CCC(c2ccc(-c3ccc(OCC)c(F)c3F)cc2F)CC1=O.[B].[H-].[Na+].[OH-]. The molecule has 0 heterocycles. The zero-order valence-corrected chi connectivity index (χ0v) is 74.1. The number of benzene rings is 8. The van der Waals surface area contributed by atoms with Gasteiger partial charge in [0.25, 0.3) is 0 Å². The van der Waals surface area contributed by atoms with E-state index in [0.717, 1.165) is 122 Å². The second kappa shape index (κ2) is 51.4. The van der Waals surface area contributed by atoms with E-state index in [0.29, 0.717) is 59.1 Å². The van der Waals surface area contributed by atoms with Gasteiger partial charge in [-0.2, -0.15) is 17.6 Å². The van der Waals surface area contributed by atoms with Gasteiger partial charge < -0.3 is 31.0 Å². The Hall–Kier alpha value is -8.08. The minimum atomic E-state index is -1.09. The number of hydrogen-bond donors (Lipinski definition) is 1. The topological polar surface area (TPSA) is 121 Å². The first-order valence-corrected chi connectivity index (χ1v) is 43.2. The van der Waals surface area contributed by atoms with Crippen molar-refractivity contribution in [2.75, 3.05) is 26.4 Å². The summed E-state index contributed by atoms with van der Waals surface area (Å²) in [7, 11) is 0. The summed E-state index contributed by atoms with van der Waals surface area (Å²) >= 11 is 0. The molecule has 0 bridgehead atoms. The van der Waals surface area contributed by atoms with Crippen LogP contribution in [-0.2, 0) is 9.59 Å². The maximum absolute atomic E-state index is 14.9. The van der Waals surface area contributed by atoms with Crippen molar-refractivity contribution < 1.29 is 123 Å². The van der Waals surface area contributed by atoms with Crippen molar-refractivity contribution in [3.63, 3.8) is 0 Å². The molecule has 0 aliphatic heterocycles. The molecular weight excluding hydrogens is 1590 g/mol. The van der Waals surface area contributed by atoms with Crippen LogP contribution >= 0.6 is 0 Å². The van der Waals surface area contributed by atoms with Gasteiger partial charge in [-0.05, 0) is 271 Å². The van der Waals surface area contributed by atoms with E-state index in [2.05, 4.69) is 33.8 Å². The molecule has 0 amide bonds. The van der Waals surface area contributed by atoms with Gasteiger partial charge in [0.2, 0.25) is 23.3 Å². The fourth-order valence-electron chi connectivity index (χ4n) is 16.9. The third-order valence-electron chi connectivity index (χ3n) is 23.6. The number of carbonyl (C=O) groups is 2. The first kappa shape index (κ1) is 103. The Kier molecular flexibility index (Phi) is 43.3. The molecule has 8 aromatic carbocycles.